The van der Waals surface area contributed by atoms with Gasteiger partial charge in [0, 0.05) is 6.04 Å². The van der Waals surface area contributed by atoms with E-state index in [2.05, 4.69) is 19.3 Å². The molecule has 96 valence electrons. The van der Waals surface area contributed by atoms with Gasteiger partial charge in [-0.2, -0.15) is 0 Å². The molecule has 0 aliphatic rings. The molecule has 1 atom stereocenters. The highest BCUT2D eigenvalue weighted by Crippen LogP contribution is 2.22. The lowest BCUT2D eigenvalue weighted by molar-refractivity contribution is 0.434. The first-order valence-electron chi connectivity index (χ1n) is 5.93. The van der Waals surface area contributed by atoms with Gasteiger partial charge in [0.15, 0.2) is 0 Å². The van der Waals surface area contributed by atoms with Crippen LogP contribution in [0.5, 0.6) is 0 Å². The summed E-state index contributed by atoms with van der Waals surface area (Å²) in [5.41, 5.74) is 3.58. The second-order valence-corrected chi connectivity index (χ2v) is 5.13. The second-order valence-electron chi connectivity index (χ2n) is 4.75. The summed E-state index contributed by atoms with van der Waals surface area (Å²) in [7, 11) is 0. The van der Waals surface area contributed by atoms with Crippen LogP contribution in [-0.4, -0.2) is 6.04 Å². The summed E-state index contributed by atoms with van der Waals surface area (Å²) in [4.78, 5) is 0. The zero-order valence-corrected chi connectivity index (χ0v) is 11.1. The van der Waals surface area contributed by atoms with Gasteiger partial charge in [-0.1, -0.05) is 37.6 Å². The maximum absolute atomic E-state index is 13.3. The zero-order chi connectivity index (χ0) is 12.8. The van der Waals surface area contributed by atoms with E-state index in [1.165, 1.54) is 6.07 Å². The van der Waals surface area contributed by atoms with E-state index in [9.17, 15) is 4.39 Å². The van der Waals surface area contributed by atoms with Crippen LogP contribution in [0.15, 0.2) is 18.2 Å². The van der Waals surface area contributed by atoms with E-state index in [1.54, 1.807) is 6.07 Å². The predicted molar refractivity (Wildman–Crippen MR) is 70.3 cm³/mol. The third-order valence-electron chi connectivity index (χ3n) is 2.83. The van der Waals surface area contributed by atoms with Crippen LogP contribution in [0.2, 0.25) is 5.02 Å². The molecule has 0 bridgehead atoms. The Kier molecular flexibility index (Phi) is 5.89. The number of benzene rings is 1. The summed E-state index contributed by atoms with van der Waals surface area (Å²) >= 11 is 5.91. The highest BCUT2D eigenvalue weighted by atomic mass is 35.5. The molecule has 0 saturated heterocycles. The first-order valence-corrected chi connectivity index (χ1v) is 6.31. The van der Waals surface area contributed by atoms with E-state index in [4.69, 9.17) is 17.4 Å². The van der Waals surface area contributed by atoms with Crippen LogP contribution in [0.3, 0.4) is 0 Å². The van der Waals surface area contributed by atoms with E-state index in [1.807, 2.05) is 6.07 Å². The number of hydrogen-bond donors (Lipinski definition) is 2. The number of hydrogen-bond acceptors (Lipinski definition) is 2. The van der Waals surface area contributed by atoms with Crippen molar-refractivity contribution < 1.29 is 4.39 Å². The summed E-state index contributed by atoms with van der Waals surface area (Å²) in [5, 5.41) is 0.206. The maximum atomic E-state index is 13.3. The number of nitrogens with two attached hydrogens (primary N) is 1. The molecule has 4 heteroatoms. The van der Waals surface area contributed by atoms with Crippen molar-refractivity contribution in [3.05, 3.63) is 34.6 Å². The molecule has 0 amide bonds. The van der Waals surface area contributed by atoms with Crippen molar-refractivity contribution in [2.45, 2.75) is 39.2 Å². The minimum Gasteiger partial charge on any atom is -0.271 e. The van der Waals surface area contributed by atoms with Crippen LogP contribution in [0.25, 0.3) is 0 Å². The average molecular weight is 259 g/mol. The molecule has 0 spiro atoms. The molecular weight excluding hydrogens is 239 g/mol. The Morgan fingerprint density at radius 3 is 2.65 bits per heavy atom. The third-order valence-corrected chi connectivity index (χ3v) is 3.25. The number of hydrazine groups is 1. The molecule has 0 aliphatic heterocycles. The normalized spacial score (nSPS) is 13.1. The van der Waals surface area contributed by atoms with Crippen LogP contribution < -0.4 is 11.3 Å². The van der Waals surface area contributed by atoms with Gasteiger partial charge in [-0.3, -0.25) is 11.3 Å². The number of nitrogens with one attached hydrogen (secondary N) is 1. The van der Waals surface area contributed by atoms with Crippen molar-refractivity contribution in [1.29, 1.82) is 0 Å². The Hall–Kier alpha value is -0.640. The molecule has 0 saturated carbocycles. The molecule has 3 N–H and O–H groups in total. The van der Waals surface area contributed by atoms with Gasteiger partial charge in [-0.05, 0) is 36.8 Å². The molecule has 0 radical (unpaired) electrons. The van der Waals surface area contributed by atoms with Crippen molar-refractivity contribution in [3.8, 4) is 0 Å². The van der Waals surface area contributed by atoms with Crippen LogP contribution in [0, 0.1) is 11.7 Å². The lowest BCUT2D eigenvalue weighted by atomic mass is 9.98. The van der Waals surface area contributed by atoms with E-state index in [0.29, 0.717) is 12.3 Å². The first-order chi connectivity index (χ1) is 8.04. The Bertz CT molecular complexity index is 355. The van der Waals surface area contributed by atoms with Gasteiger partial charge >= 0.3 is 0 Å². The summed E-state index contributed by atoms with van der Waals surface area (Å²) < 4.78 is 13.3. The standard InChI is InChI=1S/C13H20ClFN2/c1-9(2)6-7-11(17-16)8-10-4-3-5-12(15)13(10)14/h3-5,9,11,17H,6-8,16H2,1-2H3. The highest BCUT2D eigenvalue weighted by molar-refractivity contribution is 6.31. The molecule has 0 aliphatic carbocycles. The Balaban J connectivity index is 2.64. The van der Waals surface area contributed by atoms with Gasteiger partial charge in [-0.15, -0.1) is 0 Å². The summed E-state index contributed by atoms with van der Waals surface area (Å²) in [6, 6.07) is 5.01. The van der Waals surface area contributed by atoms with Crippen LogP contribution >= 0.6 is 11.6 Å². The summed E-state index contributed by atoms with van der Waals surface area (Å²) in [6.45, 7) is 4.34. The SMILES string of the molecule is CC(C)CCC(Cc1cccc(F)c1Cl)NN. The van der Waals surface area contributed by atoms with E-state index < -0.39 is 0 Å². The van der Waals surface area contributed by atoms with Crippen molar-refractivity contribution >= 4 is 11.6 Å². The molecule has 0 fully saturated rings. The maximum Gasteiger partial charge on any atom is 0.142 e. The number of rotatable bonds is 6. The molecule has 1 aromatic rings. The van der Waals surface area contributed by atoms with E-state index in [0.717, 1.165) is 18.4 Å². The van der Waals surface area contributed by atoms with Crippen molar-refractivity contribution in [3.63, 3.8) is 0 Å². The molecule has 2 nitrogen and oxygen atoms in total. The average Bonchev–Trinajstić information content (AvgIpc) is 2.29. The molecule has 0 heterocycles. The van der Waals surface area contributed by atoms with Crippen LogP contribution in [0.1, 0.15) is 32.3 Å². The van der Waals surface area contributed by atoms with Crippen molar-refractivity contribution in [1.82, 2.24) is 5.43 Å². The largest absolute Gasteiger partial charge is 0.271 e. The van der Waals surface area contributed by atoms with Crippen LogP contribution in [-0.2, 0) is 6.42 Å². The Morgan fingerprint density at radius 1 is 1.35 bits per heavy atom. The van der Waals surface area contributed by atoms with Gasteiger partial charge < -0.3 is 0 Å². The smallest absolute Gasteiger partial charge is 0.142 e. The third kappa shape index (κ3) is 4.62. The minimum atomic E-state index is -0.371. The van der Waals surface area contributed by atoms with Gasteiger partial charge in [0.05, 0.1) is 5.02 Å². The molecule has 1 rings (SSSR count). The number of halogens is 2. The second kappa shape index (κ2) is 6.94. The van der Waals surface area contributed by atoms with Crippen LogP contribution in [0.4, 0.5) is 4.39 Å². The monoisotopic (exact) mass is 258 g/mol. The van der Waals surface area contributed by atoms with E-state index in [-0.39, 0.29) is 16.9 Å². The predicted octanol–water partition coefficient (Wildman–Crippen LogP) is 3.29. The lowest BCUT2D eigenvalue weighted by Crippen LogP contribution is -2.37. The summed E-state index contributed by atoms with van der Waals surface area (Å²) in [6.07, 6.45) is 2.70. The van der Waals surface area contributed by atoms with Gasteiger partial charge in [0.2, 0.25) is 0 Å². The Labute approximate surface area is 107 Å². The molecule has 0 aromatic heterocycles. The minimum absolute atomic E-state index is 0.136. The Morgan fingerprint density at radius 2 is 2.06 bits per heavy atom. The molecule has 1 aromatic carbocycles. The van der Waals surface area contributed by atoms with Crippen molar-refractivity contribution in [2.75, 3.05) is 0 Å². The molecular formula is C13H20ClFN2. The van der Waals surface area contributed by atoms with Gasteiger partial charge in [0.25, 0.3) is 0 Å². The topological polar surface area (TPSA) is 38.0 Å². The fourth-order valence-electron chi connectivity index (χ4n) is 1.75. The zero-order valence-electron chi connectivity index (χ0n) is 10.3. The van der Waals surface area contributed by atoms with Crippen molar-refractivity contribution in [2.24, 2.45) is 11.8 Å². The lowest BCUT2D eigenvalue weighted by Gasteiger charge is -2.17. The van der Waals surface area contributed by atoms with Gasteiger partial charge in [0.1, 0.15) is 5.82 Å². The molecule has 1 unspecified atom stereocenters. The quantitative estimate of drug-likeness (QED) is 0.607. The fourth-order valence-corrected chi connectivity index (χ4v) is 1.95. The van der Waals surface area contributed by atoms with E-state index >= 15 is 0 Å². The fraction of sp³-hybridized carbons (Fsp3) is 0.538. The molecule has 17 heavy (non-hydrogen) atoms. The first kappa shape index (κ1) is 14.4. The van der Waals surface area contributed by atoms with Gasteiger partial charge in [-0.25, -0.2) is 4.39 Å². The highest BCUT2D eigenvalue weighted by Gasteiger charge is 2.12. The summed E-state index contributed by atoms with van der Waals surface area (Å²) in [5.74, 6) is 5.77.